The third-order valence-corrected chi connectivity index (χ3v) is 3.18. The SMILES string of the molecule is O=C(COc1ccccc1F)NNC(=O)c1cc(Br)ccc1F. The number of hydrogen-bond donors (Lipinski definition) is 2. The Morgan fingerprint density at radius 2 is 1.78 bits per heavy atom. The zero-order valence-corrected chi connectivity index (χ0v) is 13.2. The van der Waals surface area contributed by atoms with E-state index in [4.69, 9.17) is 4.74 Å². The van der Waals surface area contributed by atoms with Crippen molar-refractivity contribution < 1.29 is 23.1 Å². The Morgan fingerprint density at radius 1 is 1.04 bits per heavy atom. The molecule has 0 unspecified atom stereocenters. The summed E-state index contributed by atoms with van der Waals surface area (Å²) in [5.41, 5.74) is 3.85. The Kier molecular flexibility index (Phi) is 5.64. The van der Waals surface area contributed by atoms with E-state index >= 15 is 0 Å². The molecule has 0 aliphatic carbocycles. The molecule has 23 heavy (non-hydrogen) atoms. The molecule has 5 nitrogen and oxygen atoms in total. The van der Waals surface area contributed by atoms with Gasteiger partial charge in [0.15, 0.2) is 18.2 Å². The Labute approximate surface area is 138 Å². The molecule has 0 spiro atoms. The maximum absolute atomic E-state index is 13.5. The Morgan fingerprint density at radius 3 is 2.52 bits per heavy atom. The fourth-order valence-electron chi connectivity index (χ4n) is 1.61. The highest BCUT2D eigenvalue weighted by Crippen LogP contribution is 2.16. The van der Waals surface area contributed by atoms with Crippen LogP contribution in [-0.2, 0) is 4.79 Å². The number of carbonyl (C=O) groups is 2. The minimum Gasteiger partial charge on any atom is -0.481 e. The standard InChI is InChI=1S/C15H11BrF2N2O3/c16-9-5-6-11(17)10(7-9)15(22)20-19-14(21)8-23-13-4-2-1-3-12(13)18/h1-7H,8H2,(H,19,21)(H,20,22). The molecular weight excluding hydrogens is 374 g/mol. The zero-order chi connectivity index (χ0) is 16.8. The number of carbonyl (C=O) groups excluding carboxylic acids is 2. The van der Waals surface area contributed by atoms with Crippen LogP contribution in [0.3, 0.4) is 0 Å². The van der Waals surface area contributed by atoms with Crippen molar-refractivity contribution in [2.45, 2.75) is 0 Å². The summed E-state index contributed by atoms with van der Waals surface area (Å²) in [6.07, 6.45) is 0. The van der Waals surface area contributed by atoms with Gasteiger partial charge < -0.3 is 4.74 Å². The van der Waals surface area contributed by atoms with Gasteiger partial charge >= 0.3 is 0 Å². The quantitative estimate of drug-likeness (QED) is 0.796. The van der Waals surface area contributed by atoms with E-state index in [9.17, 15) is 18.4 Å². The van der Waals surface area contributed by atoms with Crippen LogP contribution < -0.4 is 15.6 Å². The molecule has 0 heterocycles. The average molecular weight is 385 g/mol. The molecule has 0 saturated heterocycles. The maximum atomic E-state index is 13.5. The minimum absolute atomic E-state index is 0.0907. The normalized spacial score (nSPS) is 10.0. The molecule has 0 saturated carbocycles. The molecule has 0 bridgehead atoms. The predicted molar refractivity (Wildman–Crippen MR) is 81.6 cm³/mol. The summed E-state index contributed by atoms with van der Waals surface area (Å²) in [5, 5.41) is 0. The van der Waals surface area contributed by atoms with Crippen LogP contribution in [0, 0.1) is 11.6 Å². The van der Waals surface area contributed by atoms with E-state index in [1.807, 2.05) is 10.9 Å². The molecular formula is C15H11BrF2N2O3. The van der Waals surface area contributed by atoms with Gasteiger partial charge in [-0.15, -0.1) is 0 Å². The molecule has 2 amide bonds. The van der Waals surface area contributed by atoms with Crippen molar-refractivity contribution in [2.75, 3.05) is 6.61 Å². The number of nitrogens with one attached hydrogen (secondary N) is 2. The highest BCUT2D eigenvalue weighted by Gasteiger charge is 2.13. The number of hydrogen-bond acceptors (Lipinski definition) is 3. The molecule has 2 N–H and O–H groups in total. The molecule has 0 atom stereocenters. The Bertz CT molecular complexity index is 740. The average Bonchev–Trinajstić information content (AvgIpc) is 2.54. The van der Waals surface area contributed by atoms with Crippen molar-refractivity contribution >= 4 is 27.7 Å². The smallest absolute Gasteiger partial charge is 0.276 e. The third-order valence-electron chi connectivity index (χ3n) is 2.68. The van der Waals surface area contributed by atoms with Crippen molar-refractivity contribution in [2.24, 2.45) is 0 Å². The van der Waals surface area contributed by atoms with E-state index in [1.54, 1.807) is 6.07 Å². The van der Waals surface area contributed by atoms with Crippen molar-refractivity contribution in [3.8, 4) is 5.75 Å². The van der Waals surface area contributed by atoms with E-state index in [-0.39, 0.29) is 11.3 Å². The first-order valence-corrected chi connectivity index (χ1v) is 7.18. The van der Waals surface area contributed by atoms with E-state index in [0.717, 1.165) is 6.07 Å². The number of para-hydroxylation sites is 1. The number of halogens is 3. The summed E-state index contributed by atoms with van der Waals surface area (Å²) in [7, 11) is 0. The second-order valence-electron chi connectivity index (χ2n) is 4.35. The van der Waals surface area contributed by atoms with E-state index < -0.39 is 30.1 Å². The fourth-order valence-corrected chi connectivity index (χ4v) is 1.97. The summed E-state index contributed by atoms with van der Waals surface area (Å²) in [6, 6.07) is 9.40. The summed E-state index contributed by atoms with van der Waals surface area (Å²) in [4.78, 5) is 23.3. The van der Waals surface area contributed by atoms with E-state index in [1.165, 1.54) is 30.3 Å². The first-order valence-electron chi connectivity index (χ1n) is 6.39. The van der Waals surface area contributed by atoms with Crippen LogP contribution in [0.1, 0.15) is 10.4 Å². The zero-order valence-electron chi connectivity index (χ0n) is 11.6. The predicted octanol–water partition coefficient (Wildman–Crippen LogP) is 2.57. The molecule has 0 aliphatic heterocycles. The van der Waals surface area contributed by atoms with Crippen LogP contribution in [0.5, 0.6) is 5.75 Å². The van der Waals surface area contributed by atoms with Gasteiger partial charge in [0.05, 0.1) is 5.56 Å². The van der Waals surface area contributed by atoms with Crippen LogP contribution in [0.4, 0.5) is 8.78 Å². The van der Waals surface area contributed by atoms with Gasteiger partial charge in [-0.05, 0) is 30.3 Å². The lowest BCUT2D eigenvalue weighted by molar-refractivity contribution is -0.123. The monoisotopic (exact) mass is 384 g/mol. The van der Waals surface area contributed by atoms with Crippen LogP contribution in [0.15, 0.2) is 46.9 Å². The highest BCUT2D eigenvalue weighted by molar-refractivity contribution is 9.10. The van der Waals surface area contributed by atoms with Gasteiger partial charge in [-0.1, -0.05) is 28.1 Å². The molecule has 2 aromatic carbocycles. The van der Waals surface area contributed by atoms with Gasteiger partial charge in [-0.3, -0.25) is 20.4 Å². The molecule has 0 aliphatic rings. The number of rotatable bonds is 4. The van der Waals surface area contributed by atoms with Crippen molar-refractivity contribution in [1.29, 1.82) is 0 Å². The molecule has 2 rings (SSSR count). The summed E-state index contributed by atoms with van der Waals surface area (Å²) in [6.45, 7) is -0.512. The lowest BCUT2D eigenvalue weighted by atomic mass is 10.2. The van der Waals surface area contributed by atoms with Gasteiger partial charge in [0.25, 0.3) is 11.8 Å². The van der Waals surface area contributed by atoms with Gasteiger partial charge in [0.1, 0.15) is 5.82 Å². The first kappa shape index (κ1) is 16.9. The molecule has 0 radical (unpaired) electrons. The van der Waals surface area contributed by atoms with Crippen LogP contribution >= 0.6 is 15.9 Å². The van der Waals surface area contributed by atoms with E-state index in [0.29, 0.717) is 4.47 Å². The fraction of sp³-hybridized carbons (Fsp3) is 0.0667. The van der Waals surface area contributed by atoms with Gasteiger partial charge in [-0.2, -0.15) is 0 Å². The summed E-state index contributed by atoms with van der Waals surface area (Å²) >= 11 is 3.11. The second kappa shape index (κ2) is 7.68. The van der Waals surface area contributed by atoms with Crippen molar-refractivity contribution in [1.82, 2.24) is 10.9 Å². The van der Waals surface area contributed by atoms with Gasteiger partial charge in [0.2, 0.25) is 0 Å². The van der Waals surface area contributed by atoms with Crippen molar-refractivity contribution in [3.63, 3.8) is 0 Å². The molecule has 8 heteroatoms. The third kappa shape index (κ3) is 4.75. The Hall–Kier alpha value is -2.48. The van der Waals surface area contributed by atoms with Crippen LogP contribution in [-0.4, -0.2) is 18.4 Å². The number of ether oxygens (including phenoxy) is 1. The van der Waals surface area contributed by atoms with Crippen LogP contribution in [0.2, 0.25) is 0 Å². The van der Waals surface area contributed by atoms with Crippen molar-refractivity contribution in [3.05, 3.63) is 64.1 Å². The first-order chi connectivity index (χ1) is 11.0. The lowest BCUT2D eigenvalue weighted by Crippen LogP contribution is -2.44. The molecule has 0 fully saturated rings. The largest absolute Gasteiger partial charge is 0.481 e. The lowest BCUT2D eigenvalue weighted by Gasteiger charge is -2.09. The number of amides is 2. The van der Waals surface area contributed by atoms with E-state index in [2.05, 4.69) is 15.9 Å². The second-order valence-corrected chi connectivity index (χ2v) is 5.26. The molecule has 120 valence electrons. The highest BCUT2D eigenvalue weighted by atomic mass is 79.9. The van der Waals surface area contributed by atoms with Gasteiger partial charge in [-0.25, -0.2) is 8.78 Å². The summed E-state index contributed by atoms with van der Waals surface area (Å²) in [5.74, 6) is -2.99. The minimum atomic E-state index is -0.831. The van der Waals surface area contributed by atoms with Gasteiger partial charge in [0, 0.05) is 4.47 Å². The van der Waals surface area contributed by atoms with Crippen LogP contribution in [0.25, 0.3) is 0 Å². The molecule has 2 aromatic rings. The topological polar surface area (TPSA) is 67.4 Å². The Balaban J connectivity index is 1.86. The maximum Gasteiger partial charge on any atom is 0.276 e. The summed E-state index contributed by atoms with van der Waals surface area (Å²) < 4.78 is 32.3. The number of benzene rings is 2. The number of hydrazine groups is 1. The molecule has 0 aromatic heterocycles.